The fourth-order valence-electron chi connectivity index (χ4n) is 2.64. The van der Waals surface area contributed by atoms with Gasteiger partial charge in [0.05, 0.1) is 6.61 Å². The summed E-state index contributed by atoms with van der Waals surface area (Å²) in [4.78, 5) is 12.0. The number of benzene rings is 2. The molecule has 22 heavy (non-hydrogen) atoms. The van der Waals surface area contributed by atoms with Crippen LogP contribution in [0.4, 0.5) is 0 Å². The van der Waals surface area contributed by atoms with Crippen molar-refractivity contribution in [2.45, 2.75) is 6.92 Å². The molecule has 2 nitrogen and oxygen atoms in total. The first-order valence-electron chi connectivity index (χ1n) is 7.16. The van der Waals surface area contributed by atoms with Gasteiger partial charge in [-0.2, -0.15) is 0 Å². The summed E-state index contributed by atoms with van der Waals surface area (Å²) < 4.78 is 6.09. The van der Waals surface area contributed by atoms with Crippen LogP contribution in [0.15, 0.2) is 60.7 Å². The lowest BCUT2D eigenvalue weighted by atomic mass is 9.97. The third-order valence-electron chi connectivity index (χ3n) is 3.55. The molecular weight excluding hydrogens is 340 g/mol. The van der Waals surface area contributed by atoms with Crippen molar-refractivity contribution in [1.29, 1.82) is 0 Å². The molecule has 0 aliphatic heterocycles. The first kappa shape index (κ1) is 14.8. The molecule has 0 saturated carbocycles. The Morgan fingerprint density at radius 1 is 1.05 bits per heavy atom. The molecule has 0 radical (unpaired) electrons. The van der Waals surface area contributed by atoms with E-state index in [1.807, 2.05) is 61.5 Å². The van der Waals surface area contributed by atoms with Gasteiger partial charge < -0.3 is 4.74 Å². The Morgan fingerprint density at radius 2 is 1.68 bits per heavy atom. The molecule has 110 valence electrons. The van der Waals surface area contributed by atoms with Gasteiger partial charge in [-0.3, -0.25) is 0 Å². The van der Waals surface area contributed by atoms with E-state index in [9.17, 15) is 4.79 Å². The number of halogens is 1. The molecule has 2 aromatic rings. The lowest BCUT2D eigenvalue weighted by Gasteiger charge is -2.08. The average molecular weight is 355 g/mol. The molecule has 0 bridgehead atoms. The van der Waals surface area contributed by atoms with Crippen LogP contribution in [0.25, 0.3) is 15.6 Å². The van der Waals surface area contributed by atoms with Gasteiger partial charge in [0.1, 0.15) is 0 Å². The van der Waals surface area contributed by atoms with Crippen molar-refractivity contribution in [1.82, 2.24) is 0 Å². The second-order valence-electron chi connectivity index (χ2n) is 4.91. The van der Waals surface area contributed by atoms with E-state index in [1.54, 1.807) is 6.08 Å². The second-order valence-corrected chi connectivity index (χ2v) is 5.70. The van der Waals surface area contributed by atoms with Gasteiger partial charge in [0.15, 0.2) is 0 Å². The van der Waals surface area contributed by atoms with Crippen LogP contribution in [0.3, 0.4) is 0 Å². The molecule has 0 spiro atoms. The Kier molecular flexibility index (Phi) is 4.25. The monoisotopic (exact) mass is 354 g/mol. The number of fused-ring (bicyclic) bond motifs is 1. The minimum absolute atomic E-state index is 0.317. The lowest BCUT2D eigenvalue weighted by molar-refractivity contribution is -0.137. The minimum Gasteiger partial charge on any atom is -0.463 e. The van der Waals surface area contributed by atoms with E-state index < -0.39 is 0 Å². The summed E-state index contributed by atoms with van der Waals surface area (Å²) in [7, 11) is 0. The maximum Gasteiger partial charge on any atom is 0.331 e. The van der Waals surface area contributed by atoms with Crippen molar-refractivity contribution in [3.63, 3.8) is 0 Å². The van der Waals surface area contributed by atoms with Crippen molar-refractivity contribution in [2.24, 2.45) is 0 Å². The molecule has 0 amide bonds. The lowest BCUT2D eigenvalue weighted by Crippen LogP contribution is -2.01. The summed E-state index contributed by atoms with van der Waals surface area (Å²) in [6, 6.07) is 18.1. The molecule has 0 aromatic heterocycles. The molecule has 3 rings (SSSR count). The summed E-state index contributed by atoms with van der Waals surface area (Å²) in [6.45, 7) is 2.18. The minimum atomic E-state index is -0.317. The number of hydrogen-bond acceptors (Lipinski definition) is 2. The molecular formula is C19H15BrO2. The van der Waals surface area contributed by atoms with E-state index in [0.29, 0.717) is 6.61 Å². The van der Waals surface area contributed by atoms with E-state index in [0.717, 1.165) is 32.3 Å². The fraction of sp³-hybridized carbons (Fsp3) is 0.105. The summed E-state index contributed by atoms with van der Waals surface area (Å²) in [5.41, 5.74) is 5.13. The van der Waals surface area contributed by atoms with Crippen LogP contribution in [0, 0.1) is 0 Å². The van der Waals surface area contributed by atoms with Crippen LogP contribution in [0.2, 0.25) is 0 Å². The predicted molar refractivity (Wildman–Crippen MR) is 93.2 cm³/mol. The van der Waals surface area contributed by atoms with Gasteiger partial charge in [0.2, 0.25) is 0 Å². The third-order valence-corrected chi connectivity index (χ3v) is 4.38. The van der Waals surface area contributed by atoms with Gasteiger partial charge in [-0.1, -0.05) is 54.6 Å². The fourth-order valence-corrected chi connectivity index (χ4v) is 3.42. The Hall–Kier alpha value is -2.13. The van der Waals surface area contributed by atoms with Crippen LogP contribution in [0.1, 0.15) is 23.6 Å². The summed E-state index contributed by atoms with van der Waals surface area (Å²) in [5.74, 6) is -0.317. The zero-order chi connectivity index (χ0) is 15.5. The number of rotatable bonds is 3. The van der Waals surface area contributed by atoms with Gasteiger partial charge in [-0.05, 0) is 45.1 Å². The van der Waals surface area contributed by atoms with Gasteiger partial charge in [0, 0.05) is 16.1 Å². The molecule has 0 heterocycles. The quantitative estimate of drug-likeness (QED) is 0.578. The zero-order valence-corrected chi connectivity index (χ0v) is 13.8. The molecule has 0 saturated heterocycles. The van der Waals surface area contributed by atoms with Crippen molar-refractivity contribution < 1.29 is 9.53 Å². The molecule has 1 aliphatic carbocycles. The van der Waals surface area contributed by atoms with Gasteiger partial charge in [0.25, 0.3) is 0 Å². The van der Waals surface area contributed by atoms with E-state index >= 15 is 0 Å². The highest BCUT2D eigenvalue weighted by Crippen LogP contribution is 2.48. The molecule has 0 fully saturated rings. The number of carbonyl (C=O) groups is 1. The number of carbonyl (C=O) groups excluding carboxylic acids is 1. The van der Waals surface area contributed by atoms with Crippen LogP contribution < -0.4 is 0 Å². The van der Waals surface area contributed by atoms with Crippen molar-refractivity contribution in [3.05, 3.63) is 77.4 Å². The predicted octanol–water partition coefficient (Wildman–Crippen LogP) is 4.91. The topological polar surface area (TPSA) is 26.3 Å². The summed E-state index contributed by atoms with van der Waals surface area (Å²) in [6.07, 6.45) is 1.58. The Balaban J connectivity index is 2.18. The van der Waals surface area contributed by atoms with Crippen LogP contribution in [-0.2, 0) is 9.53 Å². The zero-order valence-electron chi connectivity index (χ0n) is 12.2. The molecule has 0 unspecified atom stereocenters. The molecule has 0 atom stereocenters. The average Bonchev–Trinajstić information content (AvgIpc) is 2.81. The van der Waals surface area contributed by atoms with Crippen molar-refractivity contribution >= 4 is 37.5 Å². The third kappa shape index (κ3) is 2.64. The van der Waals surface area contributed by atoms with E-state index in [2.05, 4.69) is 15.9 Å². The SMILES string of the molecule is CCOC(=O)/C=C1/C(c2ccccc2)=C(Br)c2ccccc21. The molecule has 1 aliphatic rings. The largest absolute Gasteiger partial charge is 0.463 e. The van der Waals surface area contributed by atoms with Crippen LogP contribution in [-0.4, -0.2) is 12.6 Å². The van der Waals surface area contributed by atoms with Gasteiger partial charge in [-0.15, -0.1) is 0 Å². The highest BCUT2D eigenvalue weighted by Gasteiger charge is 2.26. The van der Waals surface area contributed by atoms with Gasteiger partial charge >= 0.3 is 5.97 Å². The maximum absolute atomic E-state index is 12.0. The second kappa shape index (κ2) is 6.32. The number of hydrogen-bond donors (Lipinski definition) is 0. The van der Waals surface area contributed by atoms with Crippen LogP contribution >= 0.6 is 15.9 Å². The van der Waals surface area contributed by atoms with E-state index in [1.165, 1.54) is 0 Å². The maximum atomic E-state index is 12.0. The highest BCUT2D eigenvalue weighted by molar-refractivity contribution is 9.15. The molecule has 0 N–H and O–H groups in total. The van der Waals surface area contributed by atoms with E-state index in [4.69, 9.17) is 4.74 Å². The Bertz CT molecular complexity index is 773. The highest BCUT2D eigenvalue weighted by atomic mass is 79.9. The number of ether oxygens (including phenoxy) is 1. The van der Waals surface area contributed by atoms with Crippen molar-refractivity contribution in [3.8, 4) is 0 Å². The summed E-state index contributed by atoms with van der Waals surface area (Å²) in [5, 5.41) is 0. The molecule has 3 heteroatoms. The van der Waals surface area contributed by atoms with E-state index in [-0.39, 0.29) is 5.97 Å². The number of allylic oxidation sites excluding steroid dienone is 2. The first-order chi connectivity index (χ1) is 10.7. The Morgan fingerprint density at radius 3 is 2.36 bits per heavy atom. The number of esters is 1. The normalized spacial score (nSPS) is 15.1. The molecule has 2 aromatic carbocycles. The van der Waals surface area contributed by atoms with Gasteiger partial charge in [-0.25, -0.2) is 4.79 Å². The standard InChI is InChI=1S/C19H15BrO2/c1-2-22-17(21)12-16-14-10-6-7-11-15(14)19(20)18(16)13-8-4-3-5-9-13/h3-12H,2H2,1H3/b16-12+. The summed E-state index contributed by atoms with van der Waals surface area (Å²) >= 11 is 3.70. The smallest absolute Gasteiger partial charge is 0.331 e. The van der Waals surface area contributed by atoms with Crippen molar-refractivity contribution in [2.75, 3.05) is 6.61 Å². The Labute approximate surface area is 138 Å². The van der Waals surface area contributed by atoms with Crippen LogP contribution in [0.5, 0.6) is 0 Å². The first-order valence-corrected chi connectivity index (χ1v) is 7.95.